The van der Waals surface area contributed by atoms with E-state index in [0.29, 0.717) is 30.7 Å². The first-order valence-corrected chi connectivity index (χ1v) is 10.5. The molecular weight excluding hydrogens is 364 g/mol. The van der Waals surface area contributed by atoms with Crippen molar-refractivity contribution >= 4 is 5.97 Å². The fourth-order valence-electron chi connectivity index (χ4n) is 3.57. The fraction of sp³-hybridized carbons (Fsp3) is 0.542. The van der Waals surface area contributed by atoms with Crippen molar-refractivity contribution in [3.8, 4) is 11.3 Å². The van der Waals surface area contributed by atoms with Crippen LogP contribution in [-0.4, -0.2) is 20.6 Å². The molecule has 0 saturated heterocycles. The third kappa shape index (κ3) is 6.02. The summed E-state index contributed by atoms with van der Waals surface area (Å²) in [5.74, 6) is 0.0552. The second kappa shape index (κ2) is 9.86. The summed E-state index contributed by atoms with van der Waals surface area (Å²) in [6.45, 7) is 13.2. The number of carboxylic acid groups (broad SMARTS) is 1. The van der Waals surface area contributed by atoms with Crippen molar-refractivity contribution in [2.45, 2.75) is 67.3 Å². The lowest BCUT2D eigenvalue weighted by molar-refractivity contribution is 0.0694. The maximum absolute atomic E-state index is 13.1. The van der Waals surface area contributed by atoms with Crippen LogP contribution in [-0.2, 0) is 19.4 Å². The van der Waals surface area contributed by atoms with Gasteiger partial charge >= 0.3 is 5.97 Å². The van der Waals surface area contributed by atoms with Crippen LogP contribution in [0.25, 0.3) is 11.3 Å². The summed E-state index contributed by atoms with van der Waals surface area (Å²) >= 11 is 0. The Balaban J connectivity index is 2.76. The predicted molar refractivity (Wildman–Crippen MR) is 117 cm³/mol. The molecule has 2 heterocycles. The molecule has 0 aliphatic rings. The zero-order valence-electron chi connectivity index (χ0n) is 18.5. The Morgan fingerprint density at radius 1 is 1.03 bits per heavy atom. The summed E-state index contributed by atoms with van der Waals surface area (Å²) in [7, 11) is 0. The van der Waals surface area contributed by atoms with Crippen molar-refractivity contribution in [3.05, 3.63) is 51.6 Å². The van der Waals surface area contributed by atoms with Gasteiger partial charge in [-0.3, -0.25) is 9.78 Å². The van der Waals surface area contributed by atoms with E-state index in [1.807, 2.05) is 12.1 Å². The monoisotopic (exact) mass is 398 g/mol. The minimum Gasteiger partial charge on any atom is -0.477 e. The van der Waals surface area contributed by atoms with Crippen LogP contribution < -0.4 is 5.56 Å². The van der Waals surface area contributed by atoms with Crippen LogP contribution in [0.1, 0.15) is 69.6 Å². The molecule has 0 spiro atoms. The van der Waals surface area contributed by atoms with Gasteiger partial charge < -0.3 is 9.67 Å². The van der Waals surface area contributed by atoms with Gasteiger partial charge in [0.1, 0.15) is 5.56 Å². The van der Waals surface area contributed by atoms with Crippen molar-refractivity contribution in [1.29, 1.82) is 0 Å². The van der Waals surface area contributed by atoms with E-state index in [9.17, 15) is 14.7 Å². The van der Waals surface area contributed by atoms with Crippen LogP contribution in [0.4, 0.5) is 0 Å². The van der Waals surface area contributed by atoms with Crippen LogP contribution in [0, 0.1) is 17.8 Å². The number of carboxylic acids is 1. The lowest BCUT2D eigenvalue weighted by Gasteiger charge is -2.21. The largest absolute Gasteiger partial charge is 0.477 e. The van der Waals surface area contributed by atoms with Gasteiger partial charge in [-0.1, -0.05) is 41.5 Å². The molecule has 5 nitrogen and oxygen atoms in total. The molecule has 0 aromatic carbocycles. The lowest BCUT2D eigenvalue weighted by atomic mass is 9.95. The molecule has 2 aromatic rings. The third-order valence-electron chi connectivity index (χ3n) is 4.86. The van der Waals surface area contributed by atoms with Crippen LogP contribution in [0.2, 0.25) is 0 Å². The predicted octanol–water partition coefficient (Wildman–Crippen LogP) is 5.05. The molecule has 2 aromatic heterocycles. The number of hydrogen-bond acceptors (Lipinski definition) is 3. The maximum atomic E-state index is 13.1. The van der Waals surface area contributed by atoms with E-state index < -0.39 is 11.5 Å². The van der Waals surface area contributed by atoms with Gasteiger partial charge in [0.2, 0.25) is 0 Å². The van der Waals surface area contributed by atoms with Gasteiger partial charge in [-0.25, -0.2) is 4.79 Å². The Morgan fingerprint density at radius 2 is 1.69 bits per heavy atom. The van der Waals surface area contributed by atoms with Gasteiger partial charge in [0.25, 0.3) is 5.56 Å². The molecule has 0 saturated carbocycles. The first-order chi connectivity index (χ1) is 13.6. The lowest BCUT2D eigenvalue weighted by Crippen LogP contribution is -2.29. The Morgan fingerprint density at radius 3 is 2.24 bits per heavy atom. The summed E-state index contributed by atoms with van der Waals surface area (Å²) in [4.78, 5) is 29.3. The molecule has 2 rings (SSSR count). The minimum absolute atomic E-state index is 0.149. The second-order valence-electron chi connectivity index (χ2n) is 9.11. The highest BCUT2D eigenvalue weighted by atomic mass is 16.4. The molecule has 0 aliphatic carbocycles. The molecule has 0 fully saturated rings. The van der Waals surface area contributed by atoms with Crippen molar-refractivity contribution in [1.82, 2.24) is 9.55 Å². The summed E-state index contributed by atoms with van der Waals surface area (Å²) in [5, 5.41) is 9.61. The molecule has 0 bridgehead atoms. The molecule has 5 heteroatoms. The highest BCUT2D eigenvalue weighted by Gasteiger charge is 2.21. The number of nitrogens with zero attached hydrogens (tertiary/aromatic N) is 2. The second-order valence-corrected chi connectivity index (χ2v) is 9.11. The number of pyridine rings is 2. The zero-order chi connectivity index (χ0) is 21.7. The first kappa shape index (κ1) is 22.9. The number of carbonyl (C=O) groups is 1. The van der Waals surface area contributed by atoms with Crippen molar-refractivity contribution in [2.24, 2.45) is 17.8 Å². The molecule has 0 radical (unpaired) electrons. The number of rotatable bonds is 9. The third-order valence-corrected chi connectivity index (χ3v) is 4.86. The van der Waals surface area contributed by atoms with E-state index in [1.165, 1.54) is 0 Å². The van der Waals surface area contributed by atoms with E-state index >= 15 is 0 Å². The number of aromatic carboxylic acids is 1. The van der Waals surface area contributed by atoms with Crippen LogP contribution in [0.3, 0.4) is 0 Å². The van der Waals surface area contributed by atoms with E-state index in [2.05, 4.69) is 46.5 Å². The SMILES string of the molecule is CC(C)CCn1c(-c2ccnc(CC(C)C)c2)c(CC(C)C)cc(C(=O)O)c1=O. The highest BCUT2D eigenvalue weighted by Crippen LogP contribution is 2.27. The van der Waals surface area contributed by atoms with Gasteiger partial charge in [0.05, 0.1) is 5.69 Å². The summed E-state index contributed by atoms with van der Waals surface area (Å²) < 4.78 is 1.68. The quantitative estimate of drug-likeness (QED) is 0.641. The van der Waals surface area contributed by atoms with Gasteiger partial charge in [-0.15, -0.1) is 0 Å². The summed E-state index contributed by atoms with van der Waals surface area (Å²) in [6.07, 6.45) is 4.16. The van der Waals surface area contributed by atoms with Crippen LogP contribution >= 0.6 is 0 Å². The van der Waals surface area contributed by atoms with Crippen LogP contribution in [0.15, 0.2) is 29.2 Å². The van der Waals surface area contributed by atoms with Crippen LogP contribution in [0.5, 0.6) is 0 Å². The Labute approximate surface area is 173 Å². The van der Waals surface area contributed by atoms with Crippen molar-refractivity contribution in [2.75, 3.05) is 0 Å². The first-order valence-electron chi connectivity index (χ1n) is 10.5. The topological polar surface area (TPSA) is 72.2 Å². The average molecular weight is 399 g/mol. The van der Waals surface area contributed by atoms with E-state index in [-0.39, 0.29) is 5.56 Å². The summed E-state index contributed by atoms with van der Waals surface area (Å²) in [6, 6.07) is 5.55. The van der Waals surface area contributed by atoms with E-state index in [1.54, 1.807) is 16.8 Å². The van der Waals surface area contributed by atoms with E-state index in [4.69, 9.17) is 0 Å². The normalized spacial score (nSPS) is 11.6. The number of hydrogen-bond donors (Lipinski definition) is 1. The Kier molecular flexibility index (Phi) is 7.77. The van der Waals surface area contributed by atoms with Gasteiger partial charge in [-0.2, -0.15) is 0 Å². The van der Waals surface area contributed by atoms with Crippen molar-refractivity contribution in [3.63, 3.8) is 0 Å². The van der Waals surface area contributed by atoms with Crippen molar-refractivity contribution < 1.29 is 9.90 Å². The molecule has 0 aliphatic heterocycles. The minimum atomic E-state index is -1.17. The fourth-order valence-corrected chi connectivity index (χ4v) is 3.57. The molecule has 0 atom stereocenters. The zero-order valence-corrected chi connectivity index (χ0v) is 18.5. The molecule has 0 amide bonds. The van der Waals surface area contributed by atoms with E-state index in [0.717, 1.165) is 35.4 Å². The molecule has 0 unspecified atom stereocenters. The smallest absolute Gasteiger partial charge is 0.341 e. The maximum Gasteiger partial charge on any atom is 0.341 e. The summed E-state index contributed by atoms with van der Waals surface area (Å²) in [5.41, 5.74) is 3.08. The Bertz CT molecular complexity index is 911. The molecule has 158 valence electrons. The number of aromatic nitrogens is 2. The Hall–Kier alpha value is -2.43. The standard InChI is InChI=1S/C24H34N2O3/c1-15(2)8-10-26-22(18-7-9-25-20(13-18)12-17(5)6)19(11-16(3)4)14-21(23(26)27)24(28)29/h7,9,13-17H,8,10-12H2,1-6H3,(H,28,29). The molecular formula is C24H34N2O3. The van der Waals surface area contributed by atoms with Gasteiger partial charge in [0, 0.05) is 24.0 Å². The van der Waals surface area contributed by atoms with Gasteiger partial charge in [0.15, 0.2) is 0 Å². The molecule has 1 N–H and O–H groups in total. The average Bonchev–Trinajstić information content (AvgIpc) is 2.60. The van der Waals surface area contributed by atoms with Gasteiger partial charge in [-0.05, 0) is 60.8 Å². The highest BCUT2D eigenvalue weighted by molar-refractivity contribution is 5.88. The molecule has 29 heavy (non-hydrogen) atoms.